The van der Waals surface area contributed by atoms with Gasteiger partial charge in [-0.2, -0.15) is 0 Å². The fourth-order valence-electron chi connectivity index (χ4n) is 3.90. The van der Waals surface area contributed by atoms with Gasteiger partial charge in [-0.25, -0.2) is 0 Å². The second kappa shape index (κ2) is 14.7. The minimum atomic E-state index is -3.07. The third kappa shape index (κ3) is 11.6. The Morgan fingerprint density at radius 1 is 0.727 bits per heavy atom. The number of hydrogen-bond donors (Lipinski definition) is 1. The number of rotatable bonds is 4. The van der Waals surface area contributed by atoms with Crippen molar-refractivity contribution in [1.29, 1.82) is 0 Å². The van der Waals surface area contributed by atoms with E-state index < -0.39 is 13.2 Å². The normalized spacial score (nSPS) is 19.3. The third-order valence-electron chi connectivity index (χ3n) is 5.76. The molecule has 0 heterocycles. The number of aliphatic hydroxyl groups is 1. The molecular weight excluding hydrogens is 497 g/mol. The van der Waals surface area contributed by atoms with Crippen LogP contribution in [0.15, 0.2) is 60.7 Å². The Balaban J connectivity index is 0.000000193. The maximum atomic E-state index is 12.5. The molecule has 2 saturated carbocycles. The van der Waals surface area contributed by atoms with Crippen LogP contribution in [0.5, 0.6) is 0 Å². The number of benzene rings is 2. The molecule has 4 nitrogen and oxygen atoms in total. The lowest BCUT2D eigenvalue weighted by Gasteiger charge is -2.25. The fraction of sp³-hybridized carbons (Fsp3) is 0.520. The molecule has 0 spiro atoms. The molecule has 8 heteroatoms. The first kappa shape index (κ1) is 28.6. The second-order valence-electron chi connectivity index (χ2n) is 8.64. The van der Waals surface area contributed by atoms with Crippen molar-refractivity contribution >= 4 is 46.3 Å². The summed E-state index contributed by atoms with van der Waals surface area (Å²) in [6, 6.07) is 18.1. The van der Waals surface area contributed by atoms with Gasteiger partial charge >= 0.3 is 0 Å². The summed E-state index contributed by atoms with van der Waals surface area (Å²) >= 11 is 10.8. The molecular formula is C25H36Cl2O4P2. The molecule has 2 aliphatic carbocycles. The van der Waals surface area contributed by atoms with Gasteiger partial charge in [0.25, 0.3) is 5.85 Å². The van der Waals surface area contributed by atoms with Gasteiger partial charge in [0.05, 0.1) is 12.2 Å². The molecule has 4 rings (SSSR count). The van der Waals surface area contributed by atoms with E-state index in [0.29, 0.717) is 5.30 Å². The summed E-state index contributed by atoms with van der Waals surface area (Å²) < 4.78 is 29.2. The van der Waals surface area contributed by atoms with Gasteiger partial charge in [-0.3, -0.25) is 9.13 Å². The first-order chi connectivity index (χ1) is 15.7. The van der Waals surface area contributed by atoms with Gasteiger partial charge in [-0.1, -0.05) is 74.9 Å². The van der Waals surface area contributed by atoms with Crippen LogP contribution >= 0.6 is 35.7 Å². The summed E-state index contributed by atoms with van der Waals surface area (Å²) in [5.41, 5.74) is 0. The van der Waals surface area contributed by atoms with E-state index in [-0.39, 0.29) is 12.2 Å². The molecule has 0 aliphatic heterocycles. The van der Waals surface area contributed by atoms with Crippen molar-refractivity contribution in [2.45, 2.75) is 76.4 Å². The SMILES string of the molecule is CP(=O)(OC1CCCCC1)c1ccccc1.O=P(Cl)(Cl)c1ccccc1.OC1CCCCC1. The van der Waals surface area contributed by atoms with E-state index in [1.54, 1.807) is 30.9 Å². The molecule has 1 atom stereocenters. The minimum absolute atomic E-state index is 0.0359. The van der Waals surface area contributed by atoms with Gasteiger partial charge in [-0.15, -0.1) is 0 Å². The van der Waals surface area contributed by atoms with Crippen LogP contribution < -0.4 is 10.6 Å². The second-order valence-corrected chi connectivity index (χ2v) is 15.9. The Bertz CT molecular complexity index is 878. The van der Waals surface area contributed by atoms with Crippen molar-refractivity contribution < 1.29 is 18.8 Å². The van der Waals surface area contributed by atoms with Crippen LogP contribution in [0.1, 0.15) is 64.2 Å². The first-order valence-electron chi connectivity index (χ1n) is 11.7. The summed E-state index contributed by atoms with van der Waals surface area (Å²) in [5, 5.41) is 10.2. The highest BCUT2D eigenvalue weighted by Gasteiger charge is 2.25. The monoisotopic (exact) mass is 532 g/mol. The smallest absolute Gasteiger partial charge is 0.281 e. The zero-order valence-corrected chi connectivity index (χ0v) is 22.6. The van der Waals surface area contributed by atoms with E-state index in [4.69, 9.17) is 32.1 Å². The highest BCUT2D eigenvalue weighted by atomic mass is 35.9. The van der Waals surface area contributed by atoms with Crippen LogP contribution in [0, 0.1) is 0 Å². The Labute approximate surface area is 208 Å². The topological polar surface area (TPSA) is 63.6 Å². The summed E-state index contributed by atoms with van der Waals surface area (Å²) in [6.45, 7) is 1.73. The Kier molecular flexibility index (Phi) is 12.8. The van der Waals surface area contributed by atoms with E-state index in [2.05, 4.69) is 0 Å². The highest BCUT2D eigenvalue weighted by molar-refractivity contribution is 8.13. The van der Waals surface area contributed by atoms with Crippen LogP contribution in [0.2, 0.25) is 0 Å². The van der Waals surface area contributed by atoms with Crippen molar-refractivity contribution in [2.75, 3.05) is 6.66 Å². The van der Waals surface area contributed by atoms with Crippen LogP contribution in [0.4, 0.5) is 0 Å². The molecule has 184 valence electrons. The van der Waals surface area contributed by atoms with E-state index in [0.717, 1.165) is 31.0 Å². The zero-order chi connectivity index (χ0) is 24.2. The van der Waals surface area contributed by atoms with E-state index in [1.165, 1.54) is 38.5 Å². The first-order valence-corrected chi connectivity index (χ1v) is 17.3. The molecule has 2 aliphatic rings. The maximum Gasteiger partial charge on any atom is 0.281 e. The Hall–Kier alpha value is -0.600. The fourth-order valence-corrected chi connectivity index (χ4v) is 6.71. The third-order valence-corrected chi connectivity index (χ3v) is 9.77. The molecule has 1 N–H and O–H groups in total. The number of hydrogen-bond acceptors (Lipinski definition) is 4. The van der Waals surface area contributed by atoms with Crippen LogP contribution in [-0.4, -0.2) is 24.0 Å². The zero-order valence-electron chi connectivity index (χ0n) is 19.3. The lowest BCUT2D eigenvalue weighted by Crippen LogP contribution is -2.18. The van der Waals surface area contributed by atoms with Gasteiger partial charge in [0.2, 0.25) is 7.37 Å². The van der Waals surface area contributed by atoms with E-state index >= 15 is 0 Å². The predicted molar refractivity (Wildman–Crippen MR) is 142 cm³/mol. The Morgan fingerprint density at radius 2 is 1.15 bits per heavy atom. The van der Waals surface area contributed by atoms with Crippen molar-refractivity contribution in [3.8, 4) is 0 Å². The van der Waals surface area contributed by atoms with Gasteiger partial charge < -0.3 is 9.63 Å². The molecule has 0 bridgehead atoms. The van der Waals surface area contributed by atoms with Crippen LogP contribution in [-0.2, 0) is 13.7 Å². The van der Waals surface area contributed by atoms with Crippen LogP contribution in [0.3, 0.4) is 0 Å². The molecule has 33 heavy (non-hydrogen) atoms. The average molecular weight is 533 g/mol. The lowest BCUT2D eigenvalue weighted by molar-refractivity contribution is 0.130. The van der Waals surface area contributed by atoms with Gasteiger partial charge in [0, 0.05) is 17.3 Å². The number of aliphatic hydroxyl groups excluding tert-OH is 1. The standard InChI is InChI=1S/C13H19O2P.C6H5Cl2OP.C6H12O/c1-16(14,13-10-6-3-7-11-13)15-12-8-4-2-5-9-12;7-10(8,9)6-4-2-1-3-5-6;7-6-4-2-1-3-5-6/h3,6-7,10-12H,2,4-5,8-9H2,1H3;1-5H;6-7H,1-5H2. The lowest BCUT2D eigenvalue weighted by atomic mass is 9.98. The minimum Gasteiger partial charge on any atom is -0.393 e. The summed E-state index contributed by atoms with van der Waals surface area (Å²) in [7, 11) is -2.61. The molecule has 2 fully saturated rings. The molecule has 2 aromatic rings. The molecule has 0 aromatic heterocycles. The Morgan fingerprint density at radius 3 is 1.52 bits per heavy atom. The molecule has 0 saturated heterocycles. The van der Waals surface area contributed by atoms with Crippen molar-refractivity contribution in [3.63, 3.8) is 0 Å². The molecule has 1 unspecified atom stereocenters. The van der Waals surface area contributed by atoms with E-state index in [9.17, 15) is 9.13 Å². The summed E-state index contributed by atoms with van der Waals surface area (Å²) in [4.78, 5) is 0. The van der Waals surface area contributed by atoms with Gasteiger partial charge in [0.1, 0.15) is 0 Å². The van der Waals surface area contributed by atoms with Crippen molar-refractivity contribution in [3.05, 3.63) is 60.7 Å². The van der Waals surface area contributed by atoms with Crippen molar-refractivity contribution in [2.24, 2.45) is 0 Å². The largest absolute Gasteiger partial charge is 0.393 e. The van der Waals surface area contributed by atoms with Crippen LogP contribution in [0.25, 0.3) is 0 Å². The average Bonchev–Trinajstić information content (AvgIpc) is 2.81. The molecule has 2 aromatic carbocycles. The quantitative estimate of drug-likeness (QED) is 0.407. The van der Waals surface area contributed by atoms with Gasteiger partial charge in [-0.05, 0) is 72.4 Å². The molecule has 0 amide bonds. The van der Waals surface area contributed by atoms with Gasteiger partial charge in [0.15, 0.2) is 0 Å². The maximum absolute atomic E-state index is 12.5. The summed E-state index contributed by atoms with van der Waals surface area (Å²) in [5.74, 6) is -3.07. The molecule has 0 radical (unpaired) electrons. The number of halogens is 2. The van der Waals surface area contributed by atoms with Crippen molar-refractivity contribution in [1.82, 2.24) is 0 Å². The predicted octanol–water partition coefficient (Wildman–Crippen LogP) is 7.86. The van der Waals surface area contributed by atoms with E-state index in [1.807, 2.05) is 36.4 Å². The summed E-state index contributed by atoms with van der Waals surface area (Å²) in [6.07, 6.45) is 11.9. The highest BCUT2D eigenvalue weighted by Crippen LogP contribution is 2.54.